The summed E-state index contributed by atoms with van der Waals surface area (Å²) in [6.07, 6.45) is 7.82. The van der Waals surface area contributed by atoms with Gasteiger partial charge in [0, 0.05) is 11.6 Å². The Kier molecular flexibility index (Phi) is 4.47. The molecule has 4 rings (SSSR count). The Labute approximate surface area is 148 Å². The molecule has 0 radical (unpaired) electrons. The van der Waals surface area contributed by atoms with Crippen LogP contribution in [0.3, 0.4) is 0 Å². The molecule has 3 nitrogen and oxygen atoms in total. The molecule has 25 heavy (non-hydrogen) atoms. The largest absolute Gasteiger partial charge is 0.318 e. The van der Waals surface area contributed by atoms with E-state index in [4.69, 9.17) is 0 Å². The first-order chi connectivity index (χ1) is 12.3. The Morgan fingerprint density at radius 1 is 0.880 bits per heavy atom. The average Bonchev–Trinajstić information content (AvgIpc) is 3.14. The van der Waals surface area contributed by atoms with E-state index in [-0.39, 0.29) is 5.78 Å². The molecule has 3 heteroatoms. The smallest absolute Gasteiger partial charge is 0.228 e. The van der Waals surface area contributed by atoms with Crippen molar-refractivity contribution in [2.24, 2.45) is 0 Å². The second-order valence-electron chi connectivity index (χ2n) is 6.69. The quantitative estimate of drug-likeness (QED) is 0.610. The van der Waals surface area contributed by atoms with Gasteiger partial charge in [0.25, 0.3) is 0 Å². The van der Waals surface area contributed by atoms with Gasteiger partial charge in [0.1, 0.15) is 0 Å². The highest BCUT2D eigenvalue weighted by Gasteiger charge is 2.25. The van der Waals surface area contributed by atoms with Crippen LogP contribution in [0.1, 0.15) is 54.3 Å². The van der Waals surface area contributed by atoms with Gasteiger partial charge < -0.3 is 4.57 Å². The molecule has 0 unspecified atom stereocenters. The summed E-state index contributed by atoms with van der Waals surface area (Å²) in [5.41, 5.74) is 2.87. The van der Waals surface area contributed by atoms with E-state index in [0.29, 0.717) is 17.4 Å². The lowest BCUT2D eigenvalue weighted by Crippen LogP contribution is -2.20. The zero-order valence-electron chi connectivity index (χ0n) is 14.3. The molecular weight excluding hydrogens is 308 g/mol. The first-order valence-electron chi connectivity index (χ1n) is 9.07. The van der Waals surface area contributed by atoms with Crippen molar-refractivity contribution in [1.82, 2.24) is 9.55 Å². The fourth-order valence-corrected chi connectivity index (χ4v) is 3.78. The Balaban J connectivity index is 1.81. The van der Waals surface area contributed by atoms with E-state index in [0.717, 1.165) is 24.1 Å². The van der Waals surface area contributed by atoms with Crippen LogP contribution in [-0.4, -0.2) is 15.3 Å². The molecule has 1 aromatic heterocycles. The van der Waals surface area contributed by atoms with Crippen LogP contribution < -0.4 is 0 Å². The highest BCUT2D eigenvalue weighted by atomic mass is 16.1. The average molecular weight is 330 g/mol. The van der Waals surface area contributed by atoms with Crippen molar-refractivity contribution in [3.05, 3.63) is 78.2 Å². The Hall–Kier alpha value is -2.68. The molecule has 3 aromatic rings. The highest BCUT2D eigenvalue weighted by Crippen LogP contribution is 2.34. The van der Waals surface area contributed by atoms with E-state index in [1.165, 1.54) is 19.3 Å². The summed E-state index contributed by atoms with van der Waals surface area (Å²) in [4.78, 5) is 17.6. The SMILES string of the molecule is O=C(c1ccccc1)c1ncc(-c2ccccc2)n1C1CCCCC1. The molecule has 0 saturated heterocycles. The lowest BCUT2D eigenvalue weighted by molar-refractivity contribution is 0.102. The van der Waals surface area contributed by atoms with E-state index in [2.05, 4.69) is 21.7 Å². The van der Waals surface area contributed by atoms with Crippen molar-refractivity contribution in [2.45, 2.75) is 38.1 Å². The van der Waals surface area contributed by atoms with Crippen molar-refractivity contribution in [3.8, 4) is 11.3 Å². The van der Waals surface area contributed by atoms with Crippen molar-refractivity contribution >= 4 is 5.78 Å². The number of hydrogen-bond acceptors (Lipinski definition) is 2. The van der Waals surface area contributed by atoms with Crippen LogP contribution in [0.2, 0.25) is 0 Å². The molecule has 1 aliphatic carbocycles. The van der Waals surface area contributed by atoms with Gasteiger partial charge in [-0.2, -0.15) is 0 Å². The Morgan fingerprint density at radius 2 is 1.52 bits per heavy atom. The van der Waals surface area contributed by atoms with E-state index < -0.39 is 0 Å². The van der Waals surface area contributed by atoms with Crippen LogP contribution in [-0.2, 0) is 0 Å². The minimum atomic E-state index is 0.00774. The number of ketones is 1. The second-order valence-corrected chi connectivity index (χ2v) is 6.69. The zero-order valence-corrected chi connectivity index (χ0v) is 14.3. The maximum absolute atomic E-state index is 13.1. The van der Waals surface area contributed by atoms with Gasteiger partial charge in [-0.25, -0.2) is 4.98 Å². The predicted octanol–water partition coefficient (Wildman–Crippen LogP) is 5.29. The fourth-order valence-electron chi connectivity index (χ4n) is 3.78. The van der Waals surface area contributed by atoms with Crippen LogP contribution in [0.15, 0.2) is 66.9 Å². The molecule has 0 spiro atoms. The molecular formula is C22H22N2O. The molecule has 0 aliphatic heterocycles. The first-order valence-corrected chi connectivity index (χ1v) is 9.07. The summed E-state index contributed by atoms with van der Waals surface area (Å²) >= 11 is 0. The maximum atomic E-state index is 13.1. The predicted molar refractivity (Wildman–Crippen MR) is 99.7 cm³/mol. The third-order valence-electron chi connectivity index (χ3n) is 5.05. The lowest BCUT2D eigenvalue weighted by Gasteiger charge is -2.26. The molecule has 0 N–H and O–H groups in total. The molecule has 0 atom stereocenters. The standard InChI is InChI=1S/C22H22N2O/c25-21(18-12-6-2-7-13-18)22-23-16-20(17-10-4-1-5-11-17)24(22)19-14-8-3-9-15-19/h1-2,4-7,10-13,16,19H,3,8-9,14-15H2. The molecule has 1 aliphatic rings. The Morgan fingerprint density at radius 3 is 2.20 bits per heavy atom. The minimum absolute atomic E-state index is 0.00774. The van der Waals surface area contributed by atoms with Crippen LogP contribution >= 0.6 is 0 Å². The zero-order chi connectivity index (χ0) is 17.1. The van der Waals surface area contributed by atoms with Crippen molar-refractivity contribution in [3.63, 3.8) is 0 Å². The van der Waals surface area contributed by atoms with Crippen molar-refractivity contribution in [2.75, 3.05) is 0 Å². The number of aromatic nitrogens is 2. The minimum Gasteiger partial charge on any atom is -0.318 e. The number of rotatable bonds is 4. The maximum Gasteiger partial charge on any atom is 0.228 e. The number of imidazole rings is 1. The summed E-state index contributed by atoms with van der Waals surface area (Å²) in [6.45, 7) is 0. The van der Waals surface area contributed by atoms with Crippen molar-refractivity contribution in [1.29, 1.82) is 0 Å². The summed E-state index contributed by atoms with van der Waals surface area (Å²) < 4.78 is 2.20. The van der Waals surface area contributed by atoms with Gasteiger partial charge in [0.05, 0.1) is 11.9 Å². The number of benzene rings is 2. The van der Waals surface area contributed by atoms with Crippen LogP contribution in [0.5, 0.6) is 0 Å². The molecule has 1 fully saturated rings. The summed E-state index contributed by atoms with van der Waals surface area (Å²) in [5.74, 6) is 0.574. The second kappa shape index (κ2) is 7.06. The van der Waals surface area contributed by atoms with Gasteiger partial charge in [0.2, 0.25) is 5.78 Å². The van der Waals surface area contributed by atoms with Gasteiger partial charge >= 0.3 is 0 Å². The normalized spacial score (nSPS) is 15.2. The van der Waals surface area contributed by atoms with E-state index in [1.807, 2.05) is 54.7 Å². The first kappa shape index (κ1) is 15.8. The molecule has 2 aromatic carbocycles. The lowest BCUT2D eigenvalue weighted by atomic mass is 9.94. The van der Waals surface area contributed by atoms with Gasteiger partial charge in [-0.15, -0.1) is 0 Å². The van der Waals surface area contributed by atoms with Crippen molar-refractivity contribution < 1.29 is 4.79 Å². The number of hydrogen-bond donors (Lipinski definition) is 0. The number of carbonyl (C=O) groups excluding carboxylic acids is 1. The molecule has 126 valence electrons. The summed E-state index contributed by atoms with van der Waals surface area (Å²) in [5, 5.41) is 0. The summed E-state index contributed by atoms with van der Waals surface area (Å²) in [6, 6.07) is 20.1. The number of carbonyl (C=O) groups is 1. The van der Waals surface area contributed by atoms with Gasteiger partial charge in [-0.1, -0.05) is 79.9 Å². The molecule has 1 heterocycles. The van der Waals surface area contributed by atoms with E-state index >= 15 is 0 Å². The fraction of sp³-hybridized carbons (Fsp3) is 0.273. The molecule has 0 bridgehead atoms. The monoisotopic (exact) mass is 330 g/mol. The van der Waals surface area contributed by atoms with Crippen LogP contribution in [0.25, 0.3) is 11.3 Å². The molecule has 1 saturated carbocycles. The third kappa shape index (κ3) is 3.14. The molecule has 0 amide bonds. The van der Waals surface area contributed by atoms with Gasteiger partial charge in [-0.3, -0.25) is 4.79 Å². The summed E-state index contributed by atoms with van der Waals surface area (Å²) in [7, 11) is 0. The van der Waals surface area contributed by atoms with Crippen LogP contribution in [0.4, 0.5) is 0 Å². The third-order valence-corrected chi connectivity index (χ3v) is 5.05. The highest BCUT2D eigenvalue weighted by molar-refractivity contribution is 6.07. The van der Waals surface area contributed by atoms with E-state index in [1.54, 1.807) is 0 Å². The van der Waals surface area contributed by atoms with Gasteiger partial charge in [-0.05, 0) is 18.4 Å². The number of nitrogens with zero attached hydrogens (tertiary/aromatic N) is 2. The topological polar surface area (TPSA) is 34.9 Å². The van der Waals surface area contributed by atoms with E-state index in [9.17, 15) is 4.79 Å². The Bertz CT molecular complexity index is 846. The van der Waals surface area contributed by atoms with Gasteiger partial charge in [0.15, 0.2) is 5.82 Å². The van der Waals surface area contributed by atoms with Crippen LogP contribution in [0, 0.1) is 0 Å².